The van der Waals surface area contributed by atoms with Gasteiger partial charge in [0.1, 0.15) is 10.7 Å². The van der Waals surface area contributed by atoms with Crippen LogP contribution in [0.2, 0.25) is 0 Å². The van der Waals surface area contributed by atoms with Gasteiger partial charge in [-0.25, -0.2) is 4.98 Å². The molecule has 20 heavy (non-hydrogen) atoms. The number of anilines is 2. The number of thiocarbonyl (C=S) groups is 1. The summed E-state index contributed by atoms with van der Waals surface area (Å²) in [6, 6.07) is 5.55. The van der Waals surface area contributed by atoms with E-state index in [4.69, 9.17) is 22.7 Å². The van der Waals surface area contributed by atoms with Crippen molar-refractivity contribution in [1.29, 1.82) is 0 Å². The van der Waals surface area contributed by atoms with Crippen molar-refractivity contribution in [3.63, 3.8) is 0 Å². The monoisotopic (exact) mass is 307 g/mol. The van der Waals surface area contributed by atoms with E-state index in [2.05, 4.69) is 24.1 Å². The van der Waals surface area contributed by atoms with Crippen molar-refractivity contribution in [3.8, 4) is 5.75 Å². The molecule has 0 aliphatic carbocycles. The van der Waals surface area contributed by atoms with Gasteiger partial charge < -0.3 is 15.8 Å². The normalized spacial score (nSPS) is 10.6. The largest absolute Gasteiger partial charge is 0.497 e. The quantitative estimate of drug-likeness (QED) is 0.826. The molecular weight excluding hydrogens is 290 g/mol. The minimum Gasteiger partial charge on any atom is -0.497 e. The molecule has 0 fully saturated rings. The summed E-state index contributed by atoms with van der Waals surface area (Å²) in [5.74, 6) is 1.15. The van der Waals surface area contributed by atoms with E-state index >= 15 is 0 Å². The molecule has 0 radical (unpaired) electrons. The van der Waals surface area contributed by atoms with Gasteiger partial charge >= 0.3 is 0 Å². The second-order valence-electron chi connectivity index (χ2n) is 4.63. The summed E-state index contributed by atoms with van der Waals surface area (Å²) in [6.45, 7) is 4.23. The maximum atomic E-state index is 5.75. The highest BCUT2D eigenvalue weighted by atomic mass is 32.1. The van der Waals surface area contributed by atoms with Gasteiger partial charge in [-0.2, -0.15) is 0 Å². The summed E-state index contributed by atoms with van der Waals surface area (Å²) in [5, 5.41) is 6.13. The highest BCUT2D eigenvalue weighted by Crippen LogP contribution is 2.29. The Bertz CT molecular complexity index is 623. The molecule has 0 saturated carbocycles. The number of thiazole rings is 1. The van der Waals surface area contributed by atoms with Crippen molar-refractivity contribution >= 4 is 39.4 Å². The topological polar surface area (TPSA) is 60.2 Å². The molecule has 0 unspecified atom stereocenters. The van der Waals surface area contributed by atoms with Crippen molar-refractivity contribution < 1.29 is 4.74 Å². The number of benzene rings is 1. The average Bonchev–Trinajstić information content (AvgIpc) is 2.87. The van der Waals surface area contributed by atoms with E-state index in [9.17, 15) is 0 Å². The third-order valence-electron chi connectivity index (χ3n) is 2.85. The standard InChI is InChI=1S/C14H17N3OS2/c1-8(2)12-7-20-14(17-12)16-11-6-9(18-3)4-5-10(11)13(15)19/h4-8H,1-3H3,(H2,15,19)(H,16,17). The lowest BCUT2D eigenvalue weighted by Crippen LogP contribution is -2.12. The van der Waals surface area contributed by atoms with Gasteiger partial charge in [0.15, 0.2) is 5.13 Å². The van der Waals surface area contributed by atoms with Crippen LogP contribution in [0.4, 0.5) is 10.8 Å². The molecular formula is C14H17N3OS2. The number of nitrogens with one attached hydrogen (secondary N) is 1. The Labute approximate surface area is 128 Å². The molecule has 2 aromatic rings. The Kier molecular flexibility index (Phi) is 4.57. The summed E-state index contributed by atoms with van der Waals surface area (Å²) in [7, 11) is 1.62. The summed E-state index contributed by atoms with van der Waals surface area (Å²) >= 11 is 6.63. The van der Waals surface area contributed by atoms with Crippen LogP contribution in [0.5, 0.6) is 5.75 Å². The van der Waals surface area contributed by atoms with Gasteiger partial charge in [0.2, 0.25) is 0 Å². The molecule has 0 aliphatic rings. The van der Waals surface area contributed by atoms with Gasteiger partial charge in [-0.15, -0.1) is 11.3 Å². The zero-order valence-electron chi connectivity index (χ0n) is 11.6. The number of ether oxygens (including phenoxy) is 1. The third kappa shape index (κ3) is 3.26. The molecule has 0 bridgehead atoms. The van der Waals surface area contributed by atoms with Crippen LogP contribution < -0.4 is 15.8 Å². The van der Waals surface area contributed by atoms with E-state index in [1.165, 1.54) is 0 Å². The molecule has 0 amide bonds. The molecule has 4 nitrogen and oxygen atoms in total. The molecule has 0 atom stereocenters. The zero-order chi connectivity index (χ0) is 14.7. The van der Waals surface area contributed by atoms with Gasteiger partial charge in [0.25, 0.3) is 0 Å². The Morgan fingerprint density at radius 2 is 2.20 bits per heavy atom. The molecule has 0 spiro atoms. The van der Waals surface area contributed by atoms with Crippen molar-refractivity contribution in [2.75, 3.05) is 12.4 Å². The third-order valence-corrected chi connectivity index (χ3v) is 3.84. The summed E-state index contributed by atoms with van der Waals surface area (Å²) in [6.07, 6.45) is 0. The first-order valence-corrected chi connectivity index (χ1v) is 7.50. The molecule has 1 aromatic carbocycles. The first-order chi connectivity index (χ1) is 9.51. The van der Waals surface area contributed by atoms with Gasteiger partial charge in [-0.1, -0.05) is 26.1 Å². The fourth-order valence-electron chi connectivity index (χ4n) is 1.69. The Morgan fingerprint density at radius 3 is 2.75 bits per heavy atom. The minimum absolute atomic E-state index is 0.343. The second kappa shape index (κ2) is 6.19. The van der Waals surface area contributed by atoms with Crippen molar-refractivity contribution in [2.24, 2.45) is 5.73 Å². The van der Waals surface area contributed by atoms with Crippen LogP contribution in [-0.4, -0.2) is 17.1 Å². The molecule has 1 aromatic heterocycles. The highest BCUT2D eigenvalue weighted by Gasteiger charge is 2.10. The summed E-state index contributed by atoms with van der Waals surface area (Å²) in [5.41, 5.74) is 8.40. The van der Waals surface area contributed by atoms with Crippen LogP contribution in [0.1, 0.15) is 31.0 Å². The van der Waals surface area contributed by atoms with Crippen LogP contribution in [0.3, 0.4) is 0 Å². The van der Waals surface area contributed by atoms with E-state index in [-0.39, 0.29) is 0 Å². The van der Waals surface area contributed by atoms with Crippen LogP contribution >= 0.6 is 23.6 Å². The van der Waals surface area contributed by atoms with Gasteiger partial charge in [-0.05, 0) is 18.1 Å². The van der Waals surface area contributed by atoms with Crippen molar-refractivity contribution in [2.45, 2.75) is 19.8 Å². The van der Waals surface area contributed by atoms with Crippen LogP contribution in [0.25, 0.3) is 0 Å². The average molecular weight is 307 g/mol. The number of hydrogen-bond acceptors (Lipinski definition) is 5. The lowest BCUT2D eigenvalue weighted by molar-refractivity contribution is 0.415. The second-order valence-corrected chi connectivity index (χ2v) is 5.93. The predicted octanol–water partition coefficient (Wildman–Crippen LogP) is 3.65. The first kappa shape index (κ1) is 14.7. The lowest BCUT2D eigenvalue weighted by Gasteiger charge is -2.11. The van der Waals surface area contributed by atoms with E-state index < -0.39 is 0 Å². The van der Waals surface area contributed by atoms with E-state index in [0.717, 1.165) is 27.8 Å². The first-order valence-electron chi connectivity index (χ1n) is 6.21. The molecule has 1 heterocycles. The predicted molar refractivity (Wildman–Crippen MR) is 88.4 cm³/mol. The van der Waals surface area contributed by atoms with Crippen molar-refractivity contribution in [3.05, 3.63) is 34.8 Å². The Hall–Kier alpha value is -1.66. The molecule has 2 rings (SSSR count). The zero-order valence-corrected chi connectivity index (χ0v) is 13.3. The fourth-order valence-corrected chi connectivity index (χ4v) is 2.75. The lowest BCUT2D eigenvalue weighted by atomic mass is 10.1. The summed E-state index contributed by atoms with van der Waals surface area (Å²) in [4.78, 5) is 4.89. The number of nitrogens with zero attached hydrogens (tertiary/aromatic N) is 1. The number of hydrogen-bond donors (Lipinski definition) is 2. The number of rotatable bonds is 5. The molecule has 0 saturated heterocycles. The Morgan fingerprint density at radius 1 is 1.45 bits per heavy atom. The fraction of sp³-hybridized carbons (Fsp3) is 0.286. The van der Waals surface area contributed by atoms with Crippen molar-refractivity contribution in [1.82, 2.24) is 4.98 Å². The van der Waals surface area contributed by atoms with E-state index in [1.807, 2.05) is 23.6 Å². The van der Waals surface area contributed by atoms with Gasteiger partial charge in [0, 0.05) is 17.0 Å². The van der Waals surface area contributed by atoms with E-state index in [0.29, 0.717) is 10.9 Å². The molecule has 6 heteroatoms. The van der Waals surface area contributed by atoms with Crippen LogP contribution in [-0.2, 0) is 0 Å². The number of aromatic nitrogens is 1. The van der Waals surface area contributed by atoms with Gasteiger partial charge in [0.05, 0.1) is 18.5 Å². The molecule has 0 aliphatic heterocycles. The SMILES string of the molecule is COc1ccc(C(N)=S)c(Nc2nc(C(C)C)cs2)c1. The molecule has 3 N–H and O–H groups in total. The minimum atomic E-state index is 0.343. The maximum Gasteiger partial charge on any atom is 0.187 e. The highest BCUT2D eigenvalue weighted by molar-refractivity contribution is 7.80. The number of nitrogens with two attached hydrogens (primary N) is 1. The van der Waals surface area contributed by atoms with E-state index in [1.54, 1.807) is 18.4 Å². The van der Waals surface area contributed by atoms with Crippen LogP contribution in [0, 0.1) is 0 Å². The van der Waals surface area contributed by atoms with Gasteiger partial charge in [-0.3, -0.25) is 0 Å². The van der Waals surface area contributed by atoms with Crippen LogP contribution in [0.15, 0.2) is 23.6 Å². The maximum absolute atomic E-state index is 5.75. The number of methoxy groups -OCH3 is 1. The smallest absolute Gasteiger partial charge is 0.187 e. The summed E-state index contributed by atoms with van der Waals surface area (Å²) < 4.78 is 5.23. The Balaban J connectivity index is 2.32. The molecule has 106 valence electrons.